The van der Waals surface area contributed by atoms with E-state index in [1.807, 2.05) is 24.3 Å². The smallest absolute Gasteiger partial charge is 0.346 e. The van der Waals surface area contributed by atoms with Crippen molar-refractivity contribution in [3.8, 4) is 21.8 Å². The summed E-state index contributed by atoms with van der Waals surface area (Å²) in [7, 11) is 2.70. The van der Waals surface area contributed by atoms with Crippen LogP contribution >= 0.6 is 19.8 Å². The molecule has 2 aromatic rings. The number of esters is 1. The summed E-state index contributed by atoms with van der Waals surface area (Å²) in [6, 6.07) is 17.9. The molecule has 0 bridgehead atoms. The van der Waals surface area contributed by atoms with Gasteiger partial charge in [-0.25, -0.2) is 4.79 Å². The molecular weight excluding hydrogens is 475 g/mol. The molecule has 6 nitrogen and oxygen atoms in total. The second-order valence-electron chi connectivity index (χ2n) is 4.96. The Morgan fingerprint density at radius 1 is 1.00 bits per heavy atom. The molecule has 0 spiro atoms. The van der Waals surface area contributed by atoms with Gasteiger partial charge in [0.2, 0.25) is 0 Å². The molecule has 0 aliphatic carbocycles. The number of carbonyl (C=O) groups excluding carboxylic acids is 2. The number of benzene rings is 2. The summed E-state index contributed by atoms with van der Waals surface area (Å²) in [6.07, 6.45) is 4.40. The number of halogens is 1. The number of ether oxygens (including phenoxy) is 3. The van der Waals surface area contributed by atoms with E-state index in [-0.39, 0.29) is 9.95 Å². The van der Waals surface area contributed by atoms with Crippen LogP contribution < -0.4 is 4.74 Å². The van der Waals surface area contributed by atoms with Gasteiger partial charge in [0.1, 0.15) is 11.5 Å². The maximum absolute atomic E-state index is 11.0. The quantitative estimate of drug-likeness (QED) is 0.219. The number of methoxy groups -OCH3 is 2. The minimum atomic E-state index is -1.76. The zero-order valence-electron chi connectivity index (χ0n) is 16.3. The van der Waals surface area contributed by atoms with Crippen molar-refractivity contribution >= 4 is 29.8 Å². The molecule has 152 valence electrons. The largest absolute Gasteiger partial charge is 0.508 e. The summed E-state index contributed by atoms with van der Waals surface area (Å²) in [5.74, 6) is 0.617. The van der Waals surface area contributed by atoms with Crippen molar-refractivity contribution in [2.24, 2.45) is 0 Å². The average Bonchev–Trinajstić information content (AvgIpc) is 2.74. The van der Waals surface area contributed by atoms with Crippen LogP contribution in [0.3, 0.4) is 0 Å². The van der Waals surface area contributed by atoms with Crippen LogP contribution in [0.15, 0.2) is 60.7 Å². The summed E-state index contributed by atoms with van der Waals surface area (Å²) >= 11 is -1.76. The van der Waals surface area contributed by atoms with E-state index < -0.39 is 25.9 Å². The van der Waals surface area contributed by atoms with Gasteiger partial charge in [-0.1, -0.05) is 36.4 Å². The second-order valence-corrected chi connectivity index (χ2v) is 9.16. The van der Waals surface area contributed by atoms with Crippen molar-refractivity contribution in [1.82, 2.24) is 0 Å². The van der Waals surface area contributed by atoms with Crippen LogP contribution in [0.1, 0.15) is 6.92 Å². The van der Waals surface area contributed by atoms with Crippen LogP contribution in [-0.2, 0) is 14.3 Å². The molecule has 0 saturated carbocycles. The van der Waals surface area contributed by atoms with Crippen molar-refractivity contribution in [3.05, 3.63) is 60.7 Å². The standard InChI is InChI=1S/C10H12O3.C6H6O.C5H7IO2/c1-8(10(11)12-2)13-9-6-4-3-5-7-9;7-6-4-2-1-3-5-6;1-4-6(2)5(7)8-3/h3-8H,1-2H3;1-5,7H;1H,2-3H3. The van der Waals surface area contributed by atoms with E-state index in [2.05, 4.69) is 13.4 Å². The second kappa shape index (κ2) is 15.3. The number of rotatable bonds is 4. The zero-order chi connectivity index (χ0) is 21.4. The van der Waals surface area contributed by atoms with Crippen molar-refractivity contribution in [2.75, 3.05) is 19.2 Å². The number of terminal acetylenes is 1. The molecule has 2 aromatic carbocycles. The summed E-state index contributed by atoms with van der Waals surface area (Å²) < 4.78 is 16.4. The Balaban J connectivity index is 0.000000418. The van der Waals surface area contributed by atoms with E-state index in [0.29, 0.717) is 11.5 Å². The van der Waals surface area contributed by atoms with E-state index in [4.69, 9.17) is 16.3 Å². The SMILES string of the molecule is C#CI(C)C(=O)OC.COC(=O)C(C)Oc1ccccc1.Oc1ccccc1. The summed E-state index contributed by atoms with van der Waals surface area (Å²) in [4.78, 5) is 23.2. The minimum absolute atomic E-state index is 0.197. The summed E-state index contributed by atoms with van der Waals surface area (Å²) in [5.41, 5.74) is 0. The maximum Gasteiger partial charge on any atom is 0.346 e. The number of hydrogen-bond donors (Lipinski definition) is 1. The fourth-order valence-corrected chi connectivity index (χ4v) is 2.42. The molecule has 0 amide bonds. The molecule has 0 saturated heterocycles. The Morgan fingerprint density at radius 3 is 1.82 bits per heavy atom. The van der Waals surface area contributed by atoms with Gasteiger partial charge < -0.3 is 14.6 Å². The number of carbonyl (C=O) groups is 2. The first kappa shape index (κ1) is 25.3. The third kappa shape index (κ3) is 11.8. The van der Waals surface area contributed by atoms with E-state index in [9.17, 15) is 9.59 Å². The first-order chi connectivity index (χ1) is 13.3. The van der Waals surface area contributed by atoms with Gasteiger partial charge in [0.15, 0.2) is 6.10 Å². The molecular formula is C21H25IO6. The van der Waals surface area contributed by atoms with Crippen molar-refractivity contribution in [3.63, 3.8) is 0 Å². The predicted molar refractivity (Wildman–Crippen MR) is 118 cm³/mol. The number of hydrogen-bond acceptors (Lipinski definition) is 6. The van der Waals surface area contributed by atoms with E-state index in [0.717, 1.165) is 0 Å². The molecule has 1 atom stereocenters. The summed E-state index contributed by atoms with van der Waals surface area (Å²) in [5, 5.41) is 8.63. The fraction of sp³-hybridized carbons (Fsp3) is 0.238. The molecule has 1 N–H and O–H groups in total. The number of aromatic hydroxyl groups is 1. The fourth-order valence-electron chi connectivity index (χ4n) is 1.51. The van der Waals surface area contributed by atoms with Gasteiger partial charge in [-0.15, -0.1) is 0 Å². The van der Waals surface area contributed by atoms with Crippen molar-refractivity contribution in [2.45, 2.75) is 13.0 Å². The molecule has 0 aromatic heterocycles. The zero-order valence-corrected chi connectivity index (χ0v) is 18.5. The molecule has 1 unspecified atom stereocenters. The third-order valence-corrected chi connectivity index (χ3v) is 5.60. The van der Waals surface area contributed by atoms with E-state index in [1.54, 1.807) is 48.3 Å². The van der Waals surface area contributed by atoms with Crippen molar-refractivity contribution in [1.29, 1.82) is 0 Å². The Morgan fingerprint density at radius 2 is 1.50 bits per heavy atom. The third-order valence-electron chi connectivity index (χ3n) is 2.90. The van der Waals surface area contributed by atoms with Crippen molar-refractivity contribution < 1.29 is 28.9 Å². The number of alkyl halides is 1. The number of phenolic OH excluding ortho intramolecular Hbond substituents is 1. The Kier molecular flexibility index (Phi) is 13.8. The average molecular weight is 500 g/mol. The van der Waals surface area contributed by atoms with Gasteiger partial charge in [0.05, 0.1) is 7.11 Å². The van der Waals surface area contributed by atoms with Gasteiger partial charge >= 0.3 is 61.7 Å². The monoisotopic (exact) mass is 500 g/mol. The molecule has 0 radical (unpaired) electrons. The van der Waals surface area contributed by atoms with Crippen LogP contribution in [0, 0.1) is 10.4 Å². The maximum atomic E-state index is 11.0. The van der Waals surface area contributed by atoms with Crippen LogP contribution in [0.5, 0.6) is 11.5 Å². The van der Waals surface area contributed by atoms with Crippen LogP contribution in [0.2, 0.25) is 0 Å². The molecule has 0 fully saturated rings. The molecule has 28 heavy (non-hydrogen) atoms. The molecule has 0 aliphatic heterocycles. The normalized spacial score (nSPS) is 10.3. The Labute approximate surface area is 173 Å². The van der Waals surface area contributed by atoms with Gasteiger partial charge in [0.25, 0.3) is 0 Å². The van der Waals surface area contributed by atoms with E-state index >= 15 is 0 Å². The minimum Gasteiger partial charge on any atom is -0.508 e. The first-order valence-electron chi connectivity index (χ1n) is 8.03. The molecule has 0 heterocycles. The van der Waals surface area contributed by atoms with Gasteiger partial charge in [0, 0.05) is 0 Å². The summed E-state index contributed by atoms with van der Waals surface area (Å²) in [6.45, 7) is 1.65. The number of phenols is 1. The van der Waals surface area contributed by atoms with Crippen LogP contribution in [0.4, 0.5) is 4.79 Å². The molecule has 2 rings (SSSR count). The van der Waals surface area contributed by atoms with Crippen LogP contribution in [0.25, 0.3) is 0 Å². The van der Waals surface area contributed by atoms with Gasteiger partial charge in [-0.2, -0.15) is 0 Å². The predicted octanol–water partition coefficient (Wildman–Crippen LogP) is 4.50. The van der Waals surface area contributed by atoms with E-state index in [1.165, 1.54) is 14.2 Å². The Hall–Kier alpha value is -2.73. The van der Waals surface area contributed by atoms with Gasteiger partial charge in [-0.3, -0.25) is 0 Å². The molecule has 7 heteroatoms. The molecule has 0 aliphatic rings. The first-order valence-corrected chi connectivity index (χ1v) is 12.3. The Bertz CT molecular complexity index is 728. The van der Waals surface area contributed by atoms with Gasteiger partial charge in [-0.05, 0) is 31.2 Å². The topological polar surface area (TPSA) is 82.1 Å². The van der Waals surface area contributed by atoms with Crippen LogP contribution in [-0.4, -0.2) is 40.3 Å². The number of para-hydroxylation sites is 2.